The van der Waals surface area contributed by atoms with Gasteiger partial charge in [-0.3, -0.25) is 4.79 Å². The smallest absolute Gasteiger partial charge is 0.291 e. The summed E-state index contributed by atoms with van der Waals surface area (Å²) in [6.45, 7) is 0. The molecule has 0 radical (unpaired) electrons. The lowest BCUT2D eigenvalue weighted by Crippen LogP contribution is -2.22. The Morgan fingerprint density at radius 2 is 1.81 bits per heavy atom. The van der Waals surface area contributed by atoms with E-state index in [9.17, 15) is 13.2 Å². The van der Waals surface area contributed by atoms with Gasteiger partial charge in [-0.1, -0.05) is 24.3 Å². The Hall–Kier alpha value is -3.23. The molecule has 0 saturated heterocycles. The maximum atomic E-state index is 12.6. The first-order valence-electron chi connectivity index (χ1n) is 10.5. The number of H-pyrrole nitrogens is 1. The molecule has 8 heteroatoms. The average molecular weight is 451 g/mol. The van der Waals surface area contributed by atoms with Crippen molar-refractivity contribution in [2.24, 2.45) is 0 Å². The highest BCUT2D eigenvalue weighted by molar-refractivity contribution is 7.89. The zero-order chi connectivity index (χ0) is 22.7. The van der Waals surface area contributed by atoms with Crippen molar-refractivity contribution >= 4 is 27.2 Å². The molecular weight excluding hydrogens is 424 g/mol. The number of nitrogens with one attached hydrogen (secondary N) is 2. The highest BCUT2D eigenvalue weighted by Crippen LogP contribution is 2.35. The Kier molecular flexibility index (Phi) is 6.25. The second kappa shape index (κ2) is 9.10. The van der Waals surface area contributed by atoms with E-state index in [-0.39, 0.29) is 16.6 Å². The number of hydrogen-bond donors (Lipinski definition) is 2. The molecule has 0 unspecified atom stereocenters. The first-order valence-corrected chi connectivity index (χ1v) is 12.0. The number of nitrogens with zero attached hydrogens (tertiary/aromatic N) is 2. The Bertz CT molecular complexity index is 1240. The topological polar surface area (TPSA) is 95.2 Å². The van der Waals surface area contributed by atoms with Gasteiger partial charge in [0.25, 0.3) is 5.91 Å². The summed E-state index contributed by atoms with van der Waals surface area (Å²) in [6.07, 6.45) is 9.64. The van der Waals surface area contributed by atoms with Crippen molar-refractivity contribution < 1.29 is 13.2 Å². The van der Waals surface area contributed by atoms with Gasteiger partial charge in [-0.25, -0.2) is 17.7 Å². The van der Waals surface area contributed by atoms with Crippen LogP contribution in [-0.4, -0.2) is 42.7 Å². The van der Waals surface area contributed by atoms with E-state index < -0.39 is 10.0 Å². The summed E-state index contributed by atoms with van der Waals surface area (Å²) >= 11 is 0. The monoisotopic (exact) mass is 450 g/mol. The van der Waals surface area contributed by atoms with E-state index >= 15 is 0 Å². The van der Waals surface area contributed by atoms with Gasteiger partial charge in [0.05, 0.1) is 4.90 Å². The fraction of sp³-hybridized carbons (Fsp3) is 0.250. The fourth-order valence-corrected chi connectivity index (χ4v) is 4.68. The summed E-state index contributed by atoms with van der Waals surface area (Å²) in [5.74, 6) is -0.0333. The molecule has 1 aliphatic carbocycles. The van der Waals surface area contributed by atoms with E-state index in [2.05, 4.69) is 27.4 Å². The lowest BCUT2D eigenvalue weighted by atomic mass is 9.90. The predicted molar refractivity (Wildman–Crippen MR) is 126 cm³/mol. The Morgan fingerprint density at radius 3 is 2.44 bits per heavy atom. The van der Waals surface area contributed by atoms with E-state index in [4.69, 9.17) is 0 Å². The third-order valence-corrected chi connectivity index (χ3v) is 7.41. The molecule has 1 heterocycles. The molecule has 7 nitrogen and oxygen atoms in total. The van der Waals surface area contributed by atoms with Crippen molar-refractivity contribution in [1.82, 2.24) is 14.3 Å². The fourth-order valence-electron chi connectivity index (χ4n) is 3.78. The normalized spacial score (nSPS) is 14.3. The number of amides is 1. The molecular formula is C24H26N4O3S. The third-order valence-electron chi connectivity index (χ3n) is 5.58. The van der Waals surface area contributed by atoms with E-state index in [0.717, 1.165) is 41.6 Å². The van der Waals surface area contributed by atoms with E-state index in [1.807, 2.05) is 24.3 Å². The first kappa shape index (κ1) is 22.0. The number of benzene rings is 2. The lowest BCUT2D eigenvalue weighted by Gasteiger charge is -2.18. The molecule has 32 heavy (non-hydrogen) atoms. The second-order valence-corrected chi connectivity index (χ2v) is 10.1. The first-order chi connectivity index (χ1) is 15.4. The van der Waals surface area contributed by atoms with Crippen LogP contribution in [0, 0.1) is 0 Å². The lowest BCUT2D eigenvalue weighted by molar-refractivity contribution is 0.101. The molecule has 3 aromatic rings. The van der Waals surface area contributed by atoms with Gasteiger partial charge in [-0.05, 0) is 66.6 Å². The van der Waals surface area contributed by atoms with Crippen molar-refractivity contribution in [3.8, 4) is 11.1 Å². The number of allylic oxidation sites excluding steroid dienone is 2. The maximum absolute atomic E-state index is 12.6. The molecule has 0 fully saturated rings. The minimum atomic E-state index is -3.48. The predicted octanol–water partition coefficient (Wildman–Crippen LogP) is 4.54. The number of aromatic nitrogens is 2. The van der Waals surface area contributed by atoms with Crippen LogP contribution in [0.15, 0.2) is 65.8 Å². The molecule has 1 aliphatic rings. The molecule has 2 aromatic carbocycles. The van der Waals surface area contributed by atoms with Crippen LogP contribution in [-0.2, 0) is 10.0 Å². The summed E-state index contributed by atoms with van der Waals surface area (Å²) in [6, 6.07) is 12.8. The van der Waals surface area contributed by atoms with Crippen LogP contribution in [0.4, 0.5) is 5.69 Å². The molecule has 1 amide bonds. The van der Waals surface area contributed by atoms with Crippen LogP contribution in [0.5, 0.6) is 0 Å². The third kappa shape index (κ3) is 4.51. The number of carbonyl (C=O) groups excluding carboxylic acids is 1. The number of rotatable bonds is 6. The van der Waals surface area contributed by atoms with E-state index in [0.29, 0.717) is 0 Å². The summed E-state index contributed by atoms with van der Waals surface area (Å²) < 4.78 is 25.9. The van der Waals surface area contributed by atoms with Crippen molar-refractivity contribution in [3.63, 3.8) is 0 Å². The van der Waals surface area contributed by atoms with Crippen molar-refractivity contribution in [2.45, 2.75) is 30.6 Å². The SMILES string of the molecule is CN(C)S(=O)(=O)c1ccc(-c2ccc(NC(=O)c3ncc[nH]3)c(C3=CCCCC3)c2)cc1. The van der Waals surface area contributed by atoms with Gasteiger partial charge in [0.2, 0.25) is 10.0 Å². The van der Waals surface area contributed by atoms with Crippen LogP contribution >= 0.6 is 0 Å². The summed E-state index contributed by atoms with van der Waals surface area (Å²) in [5.41, 5.74) is 4.78. The highest BCUT2D eigenvalue weighted by atomic mass is 32.2. The maximum Gasteiger partial charge on any atom is 0.291 e. The molecule has 166 valence electrons. The number of hydrogen-bond acceptors (Lipinski definition) is 4. The summed E-state index contributed by atoms with van der Waals surface area (Å²) in [7, 11) is -0.441. The second-order valence-electron chi connectivity index (χ2n) is 7.94. The molecule has 1 aromatic heterocycles. The Morgan fingerprint density at radius 1 is 1.06 bits per heavy atom. The van der Waals surface area contributed by atoms with E-state index in [1.165, 1.54) is 30.4 Å². The van der Waals surface area contributed by atoms with Crippen molar-refractivity contribution in [1.29, 1.82) is 0 Å². The Balaban J connectivity index is 1.70. The van der Waals surface area contributed by atoms with Crippen molar-refractivity contribution in [2.75, 3.05) is 19.4 Å². The Labute approximate surface area is 188 Å². The highest BCUT2D eigenvalue weighted by Gasteiger charge is 2.18. The minimum Gasteiger partial charge on any atom is -0.341 e. The zero-order valence-electron chi connectivity index (χ0n) is 18.1. The molecule has 0 atom stereocenters. The van der Waals surface area contributed by atoms with Crippen LogP contribution in [0.3, 0.4) is 0 Å². The molecule has 2 N–H and O–H groups in total. The number of imidazole rings is 1. The van der Waals surface area contributed by atoms with Gasteiger partial charge in [0.15, 0.2) is 5.82 Å². The van der Waals surface area contributed by atoms with Gasteiger partial charge in [-0.2, -0.15) is 0 Å². The average Bonchev–Trinajstić information content (AvgIpc) is 3.35. The number of anilines is 1. The van der Waals surface area contributed by atoms with Crippen molar-refractivity contribution in [3.05, 3.63) is 72.3 Å². The minimum absolute atomic E-state index is 0.254. The van der Waals surface area contributed by atoms with Crippen LogP contribution < -0.4 is 5.32 Å². The standard InChI is InChI=1S/C24H26N4O3S/c1-28(2)32(30,31)20-11-8-17(9-12-20)19-10-13-22(27-24(29)23-25-14-15-26-23)21(16-19)18-6-4-3-5-7-18/h6,8-16H,3-5,7H2,1-2H3,(H,25,26)(H,27,29). The number of sulfonamides is 1. The van der Waals surface area contributed by atoms with Gasteiger partial charge in [-0.15, -0.1) is 0 Å². The van der Waals surface area contributed by atoms with Gasteiger partial charge in [0.1, 0.15) is 0 Å². The quantitative estimate of drug-likeness (QED) is 0.576. The molecule has 4 rings (SSSR count). The van der Waals surface area contributed by atoms with Crippen LogP contribution in [0.1, 0.15) is 41.9 Å². The van der Waals surface area contributed by atoms with Gasteiger partial charge >= 0.3 is 0 Å². The molecule has 0 aliphatic heterocycles. The zero-order valence-corrected chi connectivity index (χ0v) is 18.9. The van der Waals surface area contributed by atoms with Crippen LogP contribution in [0.25, 0.3) is 16.7 Å². The molecule has 0 spiro atoms. The summed E-state index contributed by atoms with van der Waals surface area (Å²) in [5, 5.41) is 2.97. The number of carbonyl (C=O) groups is 1. The molecule has 0 bridgehead atoms. The van der Waals surface area contributed by atoms with E-state index in [1.54, 1.807) is 24.5 Å². The molecule has 0 saturated carbocycles. The van der Waals surface area contributed by atoms with Gasteiger partial charge in [0, 0.05) is 37.7 Å². The summed E-state index contributed by atoms with van der Waals surface area (Å²) in [4.78, 5) is 19.7. The van der Waals surface area contributed by atoms with Gasteiger partial charge < -0.3 is 10.3 Å². The largest absolute Gasteiger partial charge is 0.341 e. The van der Waals surface area contributed by atoms with Crippen LogP contribution in [0.2, 0.25) is 0 Å². The number of aromatic amines is 1.